The van der Waals surface area contributed by atoms with Crippen molar-refractivity contribution in [3.8, 4) is 0 Å². The Morgan fingerprint density at radius 2 is 1.89 bits per heavy atom. The van der Waals surface area contributed by atoms with E-state index >= 15 is 0 Å². The number of hydrogen-bond donors (Lipinski definition) is 1. The quantitative estimate of drug-likeness (QED) is 0.418. The van der Waals surface area contributed by atoms with Gasteiger partial charge in [-0.2, -0.15) is 0 Å². The maximum atomic E-state index is 13.2. The molecule has 0 bridgehead atoms. The number of carbonyl (C=O) groups excluding carboxylic acids is 3. The van der Waals surface area contributed by atoms with Crippen molar-refractivity contribution in [2.75, 3.05) is 6.54 Å². The zero-order valence-electron chi connectivity index (χ0n) is 20.6. The van der Waals surface area contributed by atoms with E-state index < -0.39 is 12.1 Å². The molecule has 2 amide bonds. The number of pyridine rings is 1. The third-order valence-corrected chi connectivity index (χ3v) is 7.17. The zero-order valence-corrected chi connectivity index (χ0v) is 22.2. The van der Waals surface area contributed by atoms with E-state index in [1.54, 1.807) is 30.5 Å². The van der Waals surface area contributed by atoms with Crippen LogP contribution < -0.4 is 5.32 Å². The van der Waals surface area contributed by atoms with E-state index in [0.717, 1.165) is 16.5 Å². The first-order valence-electron chi connectivity index (χ1n) is 12.5. The highest BCUT2D eigenvalue weighted by molar-refractivity contribution is 9.18. The molecule has 1 N–H and O–H groups in total. The third-order valence-electron chi connectivity index (χ3n) is 6.70. The summed E-state index contributed by atoms with van der Waals surface area (Å²) in [6.07, 6.45) is 2.53. The van der Waals surface area contributed by atoms with Gasteiger partial charge in [-0.15, -0.1) is 0 Å². The fourth-order valence-electron chi connectivity index (χ4n) is 4.75. The monoisotopic (exact) mass is 578 g/mol. The molecular formula is C28H27BrN4O5. The summed E-state index contributed by atoms with van der Waals surface area (Å²) < 4.78 is 6.32. The van der Waals surface area contributed by atoms with Gasteiger partial charge in [0.25, 0.3) is 5.91 Å². The van der Waals surface area contributed by atoms with E-state index in [4.69, 9.17) is 9.57 Å². The van der Waals surface area contributed by atoms with Gasteiger partial charge in [-0.1, -0.05) is 41.6 Å². The van der Waals surface area contributed by atoms with E-state index in [0.29, 0.717) is 29.4 Å². The minimum Gasteiger partial charge on any atom is -0.444 e. The second-order valence-corrected chi connectivity index (χ2v) is 10.4. The summed E-state index contributed by atoms with van der Waals surface area (Å²) in [5, 5.41) is 7.78. The Morgan fingerprint density at radius 3 is 2.68 bits per heavy atom. The van der Waals surface area contributed by atoms with E-state index in [1.165, 1.54) is 4.90 Å². The fourth-order valence-corrected chi connectivity index (χ4v) is 5.19. The van der Waals surface area contributed by atoms with Gasteiger partial charge >= 0.3 is 6.09 Å². The van der Waals surface area contributed by atoms with Gasteiger partial charge in [-0.25, -0.2) is 4.79 Å². The normalized spacial score (nSPS) is 20.6. The van der Waals surface area contributed by atoms with Gasteiger partial charge in [0.2, 0.25) is 0 Å². The van der Waals surface area contributed by atoms with Crippen LogP contribution in [0.2, 0.25) is 0 Å². The van der Waals surface area contributed by atoms with Crippen molar-refractivity contribution in [3.05, 3.63) is 78.0 Å². The summed E-state index contributed by atoms with van der Waals surface area (Å²) in [6.45, 7) is 0.203. The van der Waals surface area contributed by atoms with Crippen LogP contribution in [0, 0.1) is 0 Å². The number of oxime groups is 1. The summed E-state index contributed by atoms with van der Waals surface area (Å²) in [5.41, 5.74) is 2.12. The van der Waals surface area contributed by atoms with Crippen LogP contribution in [-0.2, 0) is 21.0 Å². The Morgan fingerprint density at radius 1 is 1.11 bits per heavy atom. The van der Waals surface area contributed by atoms with Crippen molar-refractivity contribution in [3.63, 3.8) is 0 Å². The van der Waals surface area contributed by atoms with Gasteiger partial charge in [-0.3, -0.25) is 19.5 Å². The smallest absolute Gasteiger partial charge is 0.410 e. The van der Waals surface area contributed by atoms with Gasteiger partial charge in [0.15, 0.2) is 5.78 Å². The molecule has 2 aliphatic rings. The maximum absolute atomic E-state index is 13.2. The highest BCUT2D eigenvalue weighted by Crippen LogP contribution is 2.25. The molecule has 0 radical (unpaired) electrons. The number of para-hydroxylation sites is 1. The molecule has 9 nitrogen and oxygen atoms in total. The predicted octanol–water partition coefficient (Wildman–Crippen LogP) is 4.59. The van der Waals surface area contributed by atoms with Crippen molar-refractivity contribution < 1.29 is 24.0 Å². The van der Waals surface area contributed by atoms with Crippen LogP contribution in [0.1, 0.15) is 41.6 Å². The number of ketones is 1. The molecule has 196 valence electrons. The molecule has 1 saturated heterocycles. The van der Waals surface area contributed by atoms with E-state index in [1.807, 2.05) is 36.4 Å². The van der Waals surface area contributed by atoms with Crippen molar-refractivity contribution in [1.82, 2.24) is 15.2 Å². The number of nitrogens with one attached hydrogen (secondary N) is 1. The molecule has 2 aromatic carbocycles. The number of rotatable bonds is 8. The molecule has 0 spiro atoms. The number of likely N-dealkylation sites (tertiary alicyclic amines) is 1. The number of amides is 2. The average molecular weight is 579 g/mol. The number of fused-ring (bicyclic) bond motifs is 1. The van der Waals surface area contributed by atoms with Gasteiger partial charge in [0.1, 0.15) is 17.3 Å². The van der Waals surface area contributed by atoms with Crippen molar-refractivity contribution in [2.45, 2.75) is 50.5 Å². The first-order valence-corrected chi connectivity index (χ1v) is 13.3. The van der Waals surface area contributed by atoms with Crippen LogP contribution in [0.15, 0.2) is 72.0 Å². The molecule has 3 heterocycles. The second kappa shape index (κ2) is 11.7. The topological polar surface area (TPSA) is 110 Å². The van der Waals surface area contributed by atoms with Crippen LogP contribution >= 0.6 is 15.9 Å². The highest BCUT2D eigenvalue weighted by Gasteiger charge is 2.41. The molecule has 3 atom stereocenters. The lowest BCUT2D eigenvalue weighted by Gasteiger charge is -2.23. The third kappa shape index (κ3) is 6.19. The van der Waals surface area contributed by atoms with Crippen LogP contribution in [0.5, 0.6) is 0 Å². The molecule has 0 unspecified atom stereocenters. The zero-order chi connectivity index (χ0) is 26.5. The SMILES string of the molecule is O=C(N[C@@H]1C[C@@H](C(=O)CC[C@@H]2CC(Br)=NO2)N(C(=O)OCc2cnc3ccccc3c2)C1)c1ccccc1. The molecule has 0 saturated carbocycles. The molecule has 10 heteroatoms. The number of Topliss-reactive ketones (excluding diaryl/α,β-unsaturated/α-hetero) is 1. The number of benzene rings is 2. The molecule has 1 fully saturated rings. The molecule has 38 heavy (non-hydrogen) atoms. The average Bonchev–Trinajstić information content (AvgIpc) is 3.56. The molecule has 3 aromatic rings. The van der Waals surface area contributed by atoms with Gasteiger partial charge in [0, 0.05) is 48.1 Å². The van der Waals surface area contributed by atoms with Crippen LogP contribution in [0.25, 0.3) is 10.9 Å². The summed E-state index contributed by atoms with van der Waals surface area (Å²) in [4.78, 5) is 50.3. The Hall–Kier alpha value is -3.79. The Bertz CT molecular complexity index is 1370. The molecule has 5 rings (SSSR count). The maximum Gasteiger partial charge on any atom is 0.410 e. The Kier molecular flexibility index (Phi) is 7.97. The lowest BCUT2D eigenvalue weighted by atomic mass is 10.0. The highest BCUT2D eigenvalue weighted by atomic mass is 79.9. The minimum atomic E-state index is -0.705. The van der Waals surface area contributed by atoms with Crippen LogP contribution in [0.4, 0.5) is 4.79 Å². The van der Waals surface area contributed by atoms with E-state index in [-0.39, 0.29) is 43.4 Å². The molecular weight excluding hydrogens is 552 g/mol. The van der Waals surface area contributed by atoms with Crippen molar-refractivity contribution in [2.24, 2.45) is 5.16 Å². The summed E-state index contributed by atoms with van der Waals surface area (Å²) in [7, 11) is 0. The van der Waals surface area contributed by atoms with Crippen molar-refractivity contribution in [1.29, 1.82) is 0 Å². The minimum absolute atomic E-state index is 0.0242. The standard InChI is InChI=1S/C28H27BrN4O5/c29-26-14-22(38-32-26)10-11-25(34)24-13-21(31-27(35)19-6-2-1-3-7-19)16-33(24)28(36)37-17-18-12-20-8-4-5-9-23(20)30-15-18/h1-9,12,15,21-22,24H,10-11,13-14,16-17H2,(H,31,35)/t21-,22-,24+/m1/s1. The number of halogens is 1. The van der Waals surface area contributed by atoms with E-state index in [2.05, 4.69) is 31.4 Å². The number of ether oxygens (including phenoxy) is 1. The van der Waals surface area contributed by atoms with Crippen molar-refractivity contribution >= 4 is 49.2 Å². The Labute approximate surface area is 228 Å². The molecule has 0 aliphatic carbocycles. The van der Waals surface area contributed by atoms with Crippen LogP contribution in [-0.4, -0.2) is 57.0 Å². The number of aromatic nitrogens is 1. The summed E-state index contributed by atoms with van der Waals surface area (Å²) in [6, 6.07) is 17.4. The largest absolute Gasteiger partial charge is 0.444 e. The molecule has 2 aliphatic heterocycles. The fraction of sp³-hybridized carbons (Fsp3) is 0.321. The summed E-state index contributed by atoms with van der Waals surface area (Å²) in [5.74, 6) is -0.349. The number of nitrogens with zero attached hydrogens (tertiary/aromatic N) is 3. The van der Waals surface area contributed by atoms with Crippen LogP contribution in [0.3, 0.4) is 0 Å². The van der Waals surface area contributed by atoms with Gasteiger partial charge in [-0.05, 0) is 53.0 Å². The second-order valence-electron chi connectivity index (χ2n) is 9.44. The number of carbonyl (C=O) groups is 3. The lowest BCUT2D eigenvalue weighted by Crippen LogP contribution is -2.42. The summed E-state index contributed by atoms with van der Waals surface area (Å²) >= 11 is 3.31. The van der Waals surface area contributed by atoms with Gasteiger partial charge in [0.05, 0.1) is 11.6 Å². The first-order chi connectivity index (χ1) is 18.5. The van der Waals surface area contributed by atoms with Gasteiger partial charge < -0.3 is 14.9 Å². The lowest BCUT2D eigenvalue weighted by molar-refractivity contribution is -0.123. The number of hydrogen-bond acceptors (Lipinski definition) is 7. The Balaban J connectivity index is 1.24. The van der Waals surface area contributed by atoms with E-state index in [9.17, 15) is 14.4 Å². The molecule has 1 aromatic heterocycles. The first kappa shape index (κ1) is 25.8. The predicted molar refractivity (Wildman–Crippen MR) is 145 cm³/mol.